The van der Waals surface area contributed by atoms with Gasteiger partial charge in [-0.05, 0) is 18.9 Å². The first kappa shape index (κ1) is 10.4. The van der Waals surface area contributed by atoms with E-state index in [1.807, 2.05) is 0 Å². The SMILES string of the molecule is CCCNC(C#N)C(C)CC. The fourth-order valence-corrected chi connectivity index (χ4v) is 0.910. The number of hydrogen-bond acceptors (Lipinski definition) is 2. The van der Waals surface area contributed by atoms with Crippen LogP contribution in [0.2, 0.25) is 0 Å². The van der Waals surface area contributed by atoms with Gasteiger partial charge >= 0.3 is 0 Å². The van der Waals surface area contributed by atoms with Crippen molar-refractivity contribution in [3.63, 3.8) is 0 Å². The molecule has 0 saturated carbocycles. The topological polar surface area (TPSA) is 35.8 Å². The van der Waals surface area contributed by atoms with E-state index in [9.17, 15) is 0 Å². The van der Waals surface area contributed by atoms with Crippen molar-refractivity contribution in [1.82, 2.24) is 5.32 Å². The molecule has 0 aliphatic carbocycles. The Morgan fingerprint density at radius 3 is 2.45 bits per heavy atom. The molecule has 0 aliphatic rings. The van der Waals surface area contributed by atoms with E-state index >= 15 is 0 Å². The van der Waals surface area contributed by atoms with E-state index in [0.717, 1.165) is 19.4 Å². The number of nitrogens with zero attached hydrogens (tertiary/aromatic N) is 1. The second-order valence-electron chi connectivity index (χ2n) is 2.95. The van der Waals surface area contributed by atoms with E-state index in [-0.39, 0.29) is 6.04 Å². The quantitative estimate of drug-likeness (QED) is 0.656. The molecule has 0 aromatic rings. The van der Waals surface area contributed by atoms with E-state index in [1.54, 1.807) is 0 Å². The van der Waals surface area contributed by atoms with Crippen LogP contribution in [0.25, 0.3) is 0 Å². The van der Waals surface area contributed by atoms with Gasteiger partial charge in [0.1, 0.15) is 0 Å². The van der Waals surface area contributed by atoms with Crippen LogP contribution in [0.1, 0.15) is 33.6 Å². The van der Waals surface area contributed by atoms with Gasteiger partial charge in [-0.3, -0.25) is 0 Å². The van der Waals surface area contributed by atoms with Crippen LogP contribution >= 0.6 is 0 Å². The third-order valence-electron chi connectivity index (χ3n) is 1.97. The molecule has 0 fully saturated rings. The van der Waals surface area contributed by atoms with Crippen LogP contribution in [0.4, 0.5) is 0 Å². The Morgan fingerprint density at radius 1 is 1.45 bits per heavy atom. The Bertz CT molecular complexity index is 126. The molecule has 0 heterocycles. The van der Waals surface area contributed by atoms with Gasteiger partial charge < -0.3 is 5.32 Å². The van der Waals surface area contributed by atoms with E-state index in [1.165, 1.54) is 0 Å². The summed E-state index contributed by atoms with van der Waals surface area (Å²) in [5, 5.41) is 12.0. The van der Waals surface area contributed by atoms with Crippen LogP contribution in [-0.4, -0.2) is 12.6 Å². The average molecular weight is 154 g/mol. The van der Waals surface area contributed by atoms with Gasteiger partial charge in [-0.1, -0.05) is 27.2 Å². The highest BCUT2D eigenvalue weighted by Gasteiger charge is 2.12. The monoisotopic (exact) mass is 154 g/mol. The third-order valence-corrected chi connectivity index (χ3v) is 1.97. The molecular formula is C9H18N2. The van der Waals surface area contributed by atoms with Crippen LogP contribution in [0, 0.1) is 17.2 Å². The fraction of sp³-hybridized carbons (Fsp3) is 0.889. The minimum Gasteiger partial charge on any atom is -0.302 e. The summed E-state index contributed by atoms with van der Waals surface area (Å²) < 4.78 is 0. The van der Waals surface area contributed by atoms with Crippen molar-refractivity contribution in [3.05, 3.63) is 0 Å². The smallest absolute Gasteiger partial charge is 0.0978 e. The number of hydrogen-bond donors (Lipinski definition) is 1. The summed E-state index contributed by atoms with van der Waals surface area (Å²) in [5.41, 5.74) is 0. The summed E-state index contributed by atoms with van der Waals surface area (Å²) in [5.74, 6) is 0.464. The zero-order valence-electron chi connectivity index (χ0n) is 7.72. The first-order chi connectivity index (χ1) is 5.26. The molecule has 2 nitrogen and oxygen atoms in total. The molecule has 11 heavy (non-hydrogen) atoms. The molecule has 64 valence electrons. The average Bonchev–Trinajstić information content (AvgIpc) is 2.05. The van der Waals surface area contributed by atoms with Crippen molar-refractivity contribution in [2.45, 2.75) is 39.7 Å². The molecular weight excluding hydrogens is 136 g/mol. The van der Waals surface area contributed by atoms with Crippen molar-refractivity contribution in [2.24, 2.45) is 5.92 Å². The van der Waals surface area contributed by atoms with Crippen molar-refractivity contribution in [2.75, 3.05) is 6.54 Å². The normalized spacial score (nSPS) is 15.5. The predicted octanol–water partition coefficient (Wildman–Crippen LogP) is 1.92. The fourth-order valence-electron chi connectivity index (χ4n) is 0.910. The van der Waals surface area contributed by atoms with E-state index in [0.29, 0.717) is 5.92 Å². The lowest BCUT2D eigenvalue weighted by molar-refractivity contribution is 0.431. The molecule has 0 aliphatic heterocycles. The van der Waals surface area contributed by atoms with Gasteiger partial charge in [-0.2, -0.15) is 5.26 Å². The van der Waals surface area contributed by atoms with Crippen LogP contribution in [0.15, 0.2) is 0 Å². The summed E-state index contributed by atoms with van der Waals surface area (Å²) in [6.07, 6.45) is 2.16. The van der Waals surface area contributed by atoms with Gasteiger partial charge in [-0.25, -0.2) is 0 Å². The molecule has 0 amide bonds. The van der Waals surface area contributed by atoms with Crippen LogP contribution in [0.3, 0.4) is 0 Å². The maximum Gasteiger partial charge on any atom is 0.0978 e. The Hall–Kier alpha value is -0.550. The summed E-state index contributed by atoms with van der Waals surface area (Å²) in [6.45, 7) is 7.28. The number of nitriles is 1. The molecule has 1 N–H and O–H groups in total. The first-order valence-corrected chi connectivity index (χ1v) is 4.39. The highest BCUT2D eigenvalue weighted by molar-refractivity contribution is 4.92. The van der Waals surface area contributed by atoms with Gasteiger partial charge in [0.2, 0.25) is 0 Å². The van der Waals surface area contributed by atoms with Crippen LogP contribution in [0.5, 0.6) is 0 Å². The summed E-state index contributed by atoms with van der Waals surface area (Å²) in [6, 6.07) is 2.32. The Balaban J connectivity index is 3.68. The number of rotatable bonds is 5. The van der Waals surface area contributed by atoms with E-state index < -0.39 is 0 Å². The molecule has 0 aromatic carbocycles. The largest absolute Gasteiger partial charge is 0.302 e. The summed E-state index contributed by atoms with van der Waals surface area (Å²) in [4.78, 5) is 0. The van der Waals surface area contributed by atoms with Crippen molar-refractivity contribution in [1.29, 1.82) is 5.26 Å². The van der Waals surface area contributed by atoms with Gasteiger partial charge in [0.15, 0.2) is 0 Å². The Labute approximate surface area is 69.6 Å². The van der Waals surface area contributed by atoms with Crippen molar-refractivity contribution in [3.8, 4) is 6.07 Å². The third kappa shape index (κ3) is 4.00. The lowest BCUT2D eigenvalue weighted by Gasteiger charge is -2.16. The molecule has 2 atom stereocenters. The van der Waals surface area contributed by atoms with Gasteiger partial charge in [0.05, 0.1) is 12.1 Å². The minimum absolute atomic E-state index is 0.0416. The summed E-state index contributed by atoms with van der Waals surface area (Å²) in [7, 11) is 0. The highest BCUT2D eigenvalue weighted by atomic mass is 14.9. The number of nitrogens with one attached hydrogen (secondary N) is 1. The van der Waals surface area contributed by atoms with Gasteiger partial charge in [0.25, 0.3) is 0 Å². The van der Waals surface area contributed by atoms with Gasteiger partial charge in [-0.15, -0.1) is 0 Å². The molecule has 0 bridgehead atoms. The molecule has 0 rings (SSSR count). The molecule has 2 unspecified atom stereocenters. The lowest BCUT2D eigenvalue weighted by Crippen LogP contribution is -2.33. The first-order valence-electron chi connectivity index (χ1n) is 4.39. The zero-order chi connectivity index (χ0) is 8.69. The van der Waals surface area contributed by atoms with Crippen molar-refractivity contribution >= 4 is 0 Å². The lowest BCUT2D eigenvalue weighted by atomic mass is 10.0. The second-order valence-corrected chi connectivity index (χ2v) is 2.95. The predicted molar refractivity (Wildman–Crippen MR) is 47.1 cm³/mol. The summed E-state index contributed by atoms with van der Waals surface area (Å²) >= 11 is 0. The Morgan fingerprint density at radius 2 is 2.09 bits per heavy atom. The second kappa shape index (κ2) is 6.18. The Kier molecular flexibility index (Phi) is 5.87. The maximum absolute atomic E-state index is 8.74. The molecule has 0 spiro atoms. The maximum atomic E-state index is 8.74. The standard InChI is InChI=1S/C9H18N2/c1-4-6-11-9(7-10)8(3)5-2/h8-9,11H,4-6H2,1-3H3. The van der Waals surface area contributed by atoms with Crippen LogP contribution in [-0.2, 0) is 0 Å². The minimum atomic E-state index is 0.0416. The van der Waals surface area contributed by atoms with E-state index in [4.69, 9.17) is 5.26 Å². The molecule has 2 heteroatoms. The molecule has 0 radical (unpaired) electrons. The molecule has 0 saturated heterocycles. The zero-order valence-corrected chi connectivity index (χ0v) is 7.72. The van der Waals surface area contributed by atoms with Crippen molar-refractivity contribution < 1.29 is 0 Å². The van der Waals surface area contributed by atoms with E-state index in [2.05, 4.69) is 32.2 Å². The molecule has 0 aromatic heterocycles. The van der Waals surface area contributed by atoms with Gasteiger partial charge in [0, 0.05) is 0 Å². The highest BCUT2D eigenvalue weighted by Crippen LogP contribution is 2.05. The van der Waals surface area contributed by atoms with Crippen LogP contribution < -0.4 is 5.32 Å².